The molecular formula is C11H9ClFN3O2. The number of halogens is 2. The van der Waals surface area contributed by atoms with E-state index in [2.05, 4.69) is 4.99 Å². The van der Waals surface area contributed by atoms with Crippen LogP contribution in [0.5, 0.6) is 5.75 Å². The third-order valence-corrected chi connectivity index (χ3v) is 2.41. The van der Waals surface area contributed by atoms with Crippen LogP contribution in [0.15, 0.2) is 41.3 Å². The van der Waals surface area contributed by atoms with Crippen molar-refractivity contribution in [2.75, 3.05) is 6.67 Å². The summed E-state index contributed by atoms with van der Waals surface area (Å²) in [6, 6.07) is 6.21. The number of carbonyl (C=O) groups excluding carboxylic acids is 1. The number of rotatable bonds is 1. The lowest BCUT2D eigenvalue weighted by Gasteiger charge is -2.19. The van der Waals surface area contributed by atoms with Crippen molar-refractivity contribution in [1.29, 1.82) is 0 Å². The summed E-state index contributed by atoms with van der Waals surface area (Å²) in [5, 5.41) is 0.524. The number of nitrogens with zero attached hydrogens (tertiary/aromatic N) is 2. The van der Waals surface area contributed by atoms with Gasteiger partial charge in [-0.2, -0.15) is 0 Å². The van der Waals surface area contributed by atoms with Gasteiger partial charge in [0.25, 0.3) is 0 Å². The van der Waals surface area contributed by atoms with Crippen LogP contribution in [0.3, 0.4) is 0 Å². The summed E-state index contributed by atoms with van der Waals surface area (Å²) in [4.78, 5) is 16.3. The molecular weight excluding hydrogens is 261 g/mol. The molecule has 0 saturated carbocycles. The molecule has 0 atom stereocenters. The molecule has 7 heteroatoms. The van der Waals surface area contributed by atoms with E-state index in [9.17, 15) is 9.18 Å². The minimum atomic E-state index is -0.769. The van der Waals surface area contributed by atoms with Crippen molar-refractivity contribution in [1.82, 2.24) is 4.90 Å². The van der Waals surface area contributed by atoms with Crippen LogP contribution in [0.1, 0.15) is 0 Å². The van der Waals surface area contributed by atoms with E-state index in [4.69, 9.17) is 22.1 Å². The van der Waals surface area contributed by atoms with Crippen molar-refractivity contribution in [2.24, 2.45) is 10.7 Å². The molecule has 18 heavy (non-hydrogen) atoms. The topological polar surface area (TPSA) is 67.9 Å². The Bertz CT molecular complexity index is 528. The molecule has 0 aliphatic carbocycles. The van der Waals surface area contributed by atoms with E-state index >= 15 is 0 Å². The SMILES string of the molecule is NC1=NCN(C(=O)Oc2ccc(Cl)cc2)C=C1F. The highest BCUT2D eigenvalue weighted by Gasteiger charge is 2.19. The molecule has 0 spiro atoms. The molecule has 1 aliphatic rings. The van der Waals surface area contributed by atoms with Gasteiger partial charge in [-0.1, -0.05) is 11.6 Å². The fourth-order valence-corrected chi connectivity index (χ4v) is 1.37. The van der Waals surface area contributed by atoms with Crippen LogP contribution < -0.4 is 10.5 Å². The number of amidine groups is 1. The Morgan fingerprint density at radius 2 is 2.11 bits per heavy atom. The Morgan fingerprint density at radius 1 is 1.44 bits per heavy atom. The molecule has 0 bridgehead atoms. The standard InChI is InChI=1S/C11H9ClFN3O2/c12-7-1-3-8(4-2-7)18-11(17)16-5-9(13)10(14)15-6-16/h1-5H,6H2,(H2,14,15). The normalized spacial score (nSPS) is 14.9. The highest BCUT2D eigenvalue weighted by molar-refractivity contribution is 6.30. The number of amides is 1. The summed E-state index contributed by atoms with van der Waals surface area (Å²) in [5.74, 6) is -0.694. The highest BCUT2D eigenvalue weighted by Crippen LogP contribution is 2.17. The van der Waals surface area contributed by atoms with E-state index in [1.165, 1.54) is 12.1 Å². The van der Waals surface area contributed by atoms with E-state index in [0.29, 0.717) is 10.8 Å². The van der Waals surface area contributed by atoms with Crippen molar-refractivity contribution < 1.29 is 13.9 Å². The van der Waals surface area contributed by atoms with Crippen LogP contribution in [0.25, 0.3) is 0 Å². The molecule has 0 unspecified atom stereocenters. The second kappa shape index (κ2) is 5.05. The first kappa shape index (κ1) is 12.4. The average molecular weight is 270 g/mol. The van der Waals surface area contributed by atoms with Crippen molar-refractivity contribution in [3.8, 4) is 5.75 Å². The van der Waals surface area contributed by atoms with E-state index in [-0.39, 0.29) is 12.5 Å². The van der Waals surface area contributed by atoms with Gasteiger partial charge in [-0.3, -0.25) is 4.90 Å². The third-order valence-electron chi connectivity index (χ3n) is 2.16. The van der Waals surface area contributed by atoms with Gasteiger partial charge in [-0.05, 0) is 24.3 Å². The van der Waals surface area contributed by atoms with E-state index in [0.717, 1.165) is 11.1 Å². The van der Waals surface area contributed by atoms with E-state index < -0.39 is 11.9 Å². The molecule has 0 aromatic heterocycles. The van der Waals surface area contributed by atoms with Crippen molar-refractivity contribution in [2.45, 2.75) is 0 Å². The molecule has 2 N–H and O–H groups in total. The smallest absolute Gasteiger partial charge is 0.410 e. The van der Waals surface area contributed by atoms with Crippen LogP contribution in [-0.2, 0) is 0 Å². The van der Waals surface area contributed by atoms with Crippen LogP contribution in [0.4, 0.5) is 9.18 Å². The monoisotopic (exact) mass is 269 g/mol. The van der Waals surface area contributed by atoms with Gasteiger partial charge in [0.1, 0.15) is 12.4 Å². The maximum absolute atomic E-state index is 13.1. The second-order valence-corrected chi connectivity index (χ2v) is 3.89. The number of benzene rings is 1. The van der Waals surface area contributed by atoms with Gasteiger partial charge in [-0.15, -0.1) is 0 Å². The number of hydrogen-bond donors (Lipinski definition) is 1. The molecule has 1 aromatic rings. The fraction of sp³-hybridized carbons (Fsp3) is 0.0909. The zero-order valence-electron chi connectivity index (χ0n) is 9.14. The summed E-state index contributed by atoms with van der Waals surface area (Å²) in [6.07, 6.45) is 0.198. The number of ether oxygens (including phenoxy) is 1. The molecule has 1 heterocycles. The Morgan fingerprint density at radius 3 is 2.72 bits per heavy atom. The lowest BCUT2D eigenvalue weighted by atomic mass is 10.3. The van der Waals surface area contributed by atoms with Gasteiger partial charge in [0.05, 0.1) is 6.20 Å². The van der Waals surface area contributed by atoms with Gasteiger partial charge in [-0.25, -0.2) is 14.2 Å². The predicted molar refractivity (Wildman–Crippen MR) is 65.0 cm³/mol. The molecule has 1 amide bonds. The van der Waals surface area contributed by atoms with Gasteiger partial charge < -0.3 is 10.5 Å². The number of aliphatic imine (C=N–C) groups is 1. The molecule has 0 fully saturated rings. The average Bonchev–Trinajstić information content (AvgIpc) is 2.35. The minimum Gasteiger partial charge on any atom is -0.410 e. The van der Waals surface area contributed by atoms with Crippen LogP contribution in [-0.4, -0.2) is 23.5 Å². The Labute approximate surface area is 107 Å². The zero-order valence-corrected chi connectivity index (χ0v) is 9.89. The van der Waals surface area contributed by atoms with Crippen LogP contribution >= 0.6 is 11.6 Å². The molecule has 1 aromatic carbocycles. The van der Waals surface area contributed by atoms with Crippen LogP contribution in [0, 0.1) is 0 Å². The quantitative estimate of drug-likeness (QED) is 0.850. The molecule has 2 rings (SSSR count). The lowest BCUT2D eigenvalue weighted by Crippen LogP contribution is -2.34. The Kier molecular flexibility index (Phi) is 3.47. The summed E-state index contributed by atoms with van der Waals surface area (Å²) in [6.45, 7) is -0.0777. The van der Waals surface area contributed by atoms with E-state index in [1.807, 2.05) is 0 Å². The first-order valence-electron chi connectivity index (χ1n) is 4.98. The van der Waals surface area contributed by atoms with Crippen LogP contribution in [0.2, 0.25) is 5.02 Å². The van der Waals surface area contributed by atoms with Gasteiger partial charge in [0, 0.05) is 5.02 Å². The summed E-state index contributed by atoms with van der Waals surface area (Å²) in [5.41, 5.74) is 5.22. The fourth-order valence-electron chi connectivity index (χ4n) is 1.24. The molecule has 94 valence electrons. The predicted octanol–water partition coefficient (Wildman–Crippen LogP) is 2.28. The highest BCUT2D eigenvalue weighted by atomic mass is 35.5. The van der Waals surface area contributed by atoms with Crippen molar-refractivity contribution >= 4 is 23.5 Å². The maximum atomic E-state index is 13.1. The second-order valence-electron chi connectivity index (χ2n) is 3.45. The maximum Gasteiger partial charge on any atom is 0.420 e. The number of hydrogen-bond acceptors (Lipinski definition) is 4. The third kappa shape index (κ3) is 2.78. The Hall–Kier alpha value is -2.08. The number of nitrogens with two attached hydrogens (primary N) is 1. The Balaban J connectivity index is 2.03. The summed E-state index contributed by atoms with van der Waals surface area (Å²) >= 11 is 5.69. The van der Waals surface area contributed by atoms with Gasteiger partial charge in [0.2, 0.25) is 0 Å². The molecule has 5 nitrogen and oxygen atoms in total. The molecule has 0 saturated heterocycles. The van der Waals surface area contributed by atoms with Gasteiger partial charge in [0.15, 0.2) is 11.7 Å². The largest absolute Gasteiger partial charge is 0.420 e. The zero-order chi connectivity index (χ0) is 13.1. The van der Waals surface area contributed by atoms with Crippen molar-refractivity contribution in [3.63, 3.8) is 0 Å². The first-order valence-corrected chi connectivity index (χ1v) is 5.35. The summed E-state index contributed by atoms with van der Waals surface area (Å²) < 4.78 is 18.1. The number of carbonyl (C=O) groups is 1. The molecule has 0 radical (unpaired) electrons. The van der Waals surface area contributed by atoms with Gasteiger partial charge >= 0.3 is 6.09 Å². The van der Waals surface area contributed by atoms with Crippen molar-refractivity contribution in [3.05, 3.63) is 41.3 Å². The minimum absolute atomic E-state index is 0.0777. The summed E-state index contributed by atoms with van der Waals surface area (Å²) in [7, 11) is 0. The van der Waals surface area contributed by atoms with E-state index in [1.54, 1.807) is 12.1 Å². The molecule has 1 aliphatic heterocycles. The lowest BCUT2D eigenvalue weighted by molar-refractivity contribution is 0.169. The first-order chi connectivity index (χ1) is 8.56.